The van der Waals surface area contributed by atoms with Crippen LogP contribution in [0.2, 0.25) is 0 Å². The summed E-state index contributed by atoms with van der Waals surface area (Å²) < 4.78 is 0. The summed E-state index contributed by atoms with van der Waals surface area (Å²) in [6.07, 6.45) is 1.83. The van der Waals surface area contributed by atoms with Crippen molar-refractivity contribution in [2.75, 3.05) is 0 Å². The minimum Gasteiger partial charge on any atom is -0.481 e. The van der Waals surface area contributed by atoms with Gasteiger partial charge in [-0.05, 0) is 30.6 Å². The van der Waals surface area contributed by atoms with Gasteiger partial charge in [0.25, 0.3) is 0 Å². The lowest BCUT2D eigenvalue weighted by Gasteiger charge is -2.20. The second-order valence-corrected chi connectivity index (χ2v) is 4.99. The Morgan fingerprint density at radius 1 is 1.00 bits per heavy atom. The van der Waals surface area contributed by atoms with E-state index in [1.165, 1.54) is 0 Å². The summed E-state index contributed by atoms with van der Waals surface area (Å²) in [5.74, 6) is 0.700. The van der Waals surface area contributed by atoms with E-state index in [0.717, 1.165) is 12.8 Å². The predicted octanol–water partition coefficient (Wildman–Crippen LogP) is 3.42. The SMILES string of the molecule is CC(C)C(C)CCC(C(=O)O)C(C)C. The Labute approximate surface area is 87.7 Å². The van der Waals surface area contributed by atoms with Crippen LogP contribution in [0.15, 0.2) is 0 Å². The molecule has 2 unspecified atom stereocenters. The van der Waals surface area contributed by atoms with Gasteiger partial charge in [-0.1, -0.05) is 34.6 Å². The number of rotatable bonds is 6. The van der Waals surface area contributed by atoms with Gasteiger partial charge in [-0.15, -0.1) is 0 Å². The van der Waals surface area contributed by atoms with E-state index in [0.29, 0.717) is 11.8 Å². The lowest BCUT2D eigenvalue weighted by atomic mass is 9.85. The average molecular weight is 200 g/mol. The van der Waals surface area contributed by atoms with Gasteiger partial charge in [0.05, 0.1) is 5.92 Å². The van der Waals surface area contributed by atoms with Gasteiger partial charge in [-0.25, -0.2) is 0 Å². The van der Waals surface area contributed by atoms with Crippen LogP contribution in [-0.2, 0) is 4.79 Å². The standard InChI is InChI=1S/C12H24O2/c1-8(2)10(5)6-7-11(9(3)4)12(13)14/h8-11H,6-7H2,1-5H3,(H,13,14). The number of carboxylic acid groups (broad SMARTS) is 1. The average Bonchev–Trinajstić information content (AvgIpc) is 2.02. The molecule has 0 aliphatic carbocycles. The molecule has 1 N–H and O–H groups in total. The molecule has 2 atom stereocenters. The van der Waals surface area contributed by atoms with Crippen molar-refractivity contribution in [1.29, 1.82) is 0 Å². The third-order valence-electron chi connectivity index (χ3n) is 3.19. The molecular weight excluding hydrogens is 176 g/mol. The molecule has 0 rings (SSSR count). The summed E-state index contributed by atoms with van der Waals surface area (Å²) >= 11 is 0. The van der Waals surface area contributed by atoms with Gasteiger partial charge in [0.15, 0.2) is 0 Å². The maximum absolute atomic E-state index is 10.9. The van der Waals surface area contributed by atoms with E-state index >= 15 is 0 Å². The molecule has 0 radical (unpaired) electrons. The third-order valence-corrected chi connectivity index (χ3v) is 3.19. The first-order chi connectivity index (χ1) is 6.36. The molecule has 84 valence electrons. The summed E-state index contributed by atoms with van der Waals surface area (Å²) in [7, 11) is 0. The fourth-order valence-corrected chi connectivity index (χ4v) is 1.52. The first-order valence-electron chi connectivity index (χ1n) is 5.59. The van der Waals surface area contributed by atoms with E-state index in [9.17, 15) is 4.79 Å². The van der Waals surface area contributed by atoms with Crippen molar-refractivity contribution in [2.45, 2.75) is 47.5 Å². The van der Waals surface area contributed by atoms with Crippen molar-refractivity contribution in [3.8, 4) is 0 Å². The molecule has 14 heavy (non-hydrogen) atoms. The zero-order valence-electron chi connectivity index (χ0n) is 10.1. The summed E-state index contributed by atoms with van der Waals surface area (Å²) in [4.78, 5) is 10.9. The Balaban J connectivity index is 4.01. The molecule has 2 nitrogen and oxygen atoms in total. The van der Waals surface area contributed by atoms with Crippen molar-refractivity contribution in [3.05, 3.63) is 0 Å². The van der Waals surface area contributed by atoms with Crippen molar-refractivity contribution < 1.29 is 9.90 Å². The maximum Gasteiger partial charge on any atom is 0.306 e. The molecular formula is C12H24O2. The fraction of sp³-hybridized carbons (Fsp3) is 0.917. The van der Waals surface area contributed by atoms with Gasteiger partial charge in [0, 0.05) is 0 Å². The topological polar surface area (TPSA) is 37.3 Å². The van der Waals surface area contributed by atoms with Gasteiger partial charge < -0.3 is 5.11 Å². The van der Waals surface area contributed by atoms with E-state index in [1.54, 1.807) is 0 Å². The molecule has 0 saturated heterocycles. The molecule has 0 aliphatic rings. The molecule has 0 aromatic carbocycles. The van der Waals surface area contributed by atoms with Gasteiger partial charge >= 0.3 is 5.97 Å². The van der Waals surface area contributed by atoms with Crippen LogP contribution >= 0.6 is 0 Å². The van der Waals surface area contributed by atoms with E-state index < -0.39 is 5.97 Å². The number of carbonyl (C=O) groups is 1. The van der Waals surface area contributed by atoms with Crippen LogP contribution in [-0.4, -0.2) is 11.1 Å². The van der Waals surface area contributed by atoms with E-state index in [-0.39, 0.29) is 11.8 Å². The number of carboxylic acids is 1. The zero-order chi connectivity index (χ0) is 11.3. The van der Waals surface area contributed by atoms with Gasteiger partial charge in [-0.2, -0.15) is 0 Å². The molecule has 0 bridgehead atoms. The Morgan fingerprint density at radius 2 is 1.50 bits per heavy atom. The highest BCUT2D eigenvalue weighted by molar-refractivity contribution is 5.70. The van der Waals surface area contributed by atoms with Crippen molar-refractivity contribution in [3.63, 3.8) is 0 Å². The minimum atomic E-state index is -0.643. The predicted molar refractivity (Wildman–Crippen MR) is 59.2 cm³/mol. The Morgan fingerprint density at radius 3 is 1.79 bits per heavy atom. The monoisotopic (exact) mass is 200 g/mol. The molecule has 0 aliphatic heterocycles. The highest BCUT2D eigenvalue weighted by atomic mass is 16.4. The molecule has 0 amide bonds. The van der Waals surface area contributed by atoms with Crippen molar-refractivity contribution in [1.82, 2.24) is 0 Å². The van der Waals surface area contributed by atoms with Crippen molar-refractivity contribution in [2.24, 2.45) is 23.7 Å². The van der Waals surface area contributed by atoms with Crippen LogP contribution in [0.4, 0.5) is 0 Å². The molecule has 0 aromatic rings. The number of hydrogen-bond donors (Lipinski definition) is 1. The fourth-order valence-electron chi connectivity index (χ4n) is 1.52. The normalized spacial score (nSPS) is 15.9. The van der Waals surface area contributed by atoms with Crippen LogP contribution in [0, 0.1) is 23.7 Å². The Hall–Kier alpha value is -0.530. The second-order valence-electron chi connectivity index (χ2n) is 4.99. The maximum atomic E-state index is 10.9. The molecule has 0 fully saturated rings. The zero-order valence-corrected chi connectivity index (χ0v) is 10.1. The Bertz CT molecular complexity index is 173. The van der Waals surface area contributed by atoms with E-state index in [1.807, 2.05) is 13.8 Å². The Kier molecular flexibility index (Phi) is 5.82. The largest absolute Gasteiger partial charge is 0.481 e. The summed E-state index contributed by atoms with van der Waals surface area (Å²) in [5.41, 5.74) is 0. The molecule has 0 heterocycles. The number of aliphatic carboxylic acids is 1. The minimum absolute atomic E-state index is 0.170. The van der Waals surface area contributed by atoms with Crippen LogP contribution in [0.5, 0.6) is 0 Å². The third kappa shape index (κ3) is 4.64. The highest BCUT2D eigenvalue weighted by Crippen LogP contribution is 2.23. The van der Waals surface area contributed by atoms with Gasteiger partial charge in [0.1, 0.15) is 0 Å². The lowest BCUT2D eigenvalue weighted by molar-refractivity contribution is -0.143. The summed E-state index contributed by atoms with van der Waals surface area (Å²) in [5, 5.41) is 9.00. The first kappa shape index (κ1) is 13.5. The second kappa shape index (κ2) is 6.05. The summed E-state index contributed by atoms with van der Waals surface area (Å²) in [6.45, 7) is 10.5. The molecule has 0 saturated carbocycles. The van der Waals surface area contributed by atoms with Gasteiger partial charge in [0.2, 0.25) is 0 Å². The smallest absolute Gasteiger partial charge is 0.306 e. The summed E-state index contributed by atoms with van der Waals surface area (Å²) in [6, 6.07) is 0. The molecule has 0 aromatic heterocycles. The van der Waals surface area contributed by atoms with Crippen molar-refractivity contribution >= 4 is 5.97 Å². The van der Waals surface area contributed by atoms with Crippen LogP contribution in [0.3, 0.4) is 0 Å². The van der Waals surface area contributed by atoms with E-state index in [2.05, 4.69) is 20.8 Å². The van der Waals surface area contributed by atoms with Crippen LogP contribution in [0.1, 0.15) is 47.5 Å². The van der Waals surface area contributed by atoms with Crippen LogP contribution < -0.4 is 0 Å². The molecule has 2 heteroatoms. The number of hydrogen-bond acceptors (Lipinski definition) is 1. The van der Waals surface area contributed by atoms with Crippen LogP contribution in [0.25, 0.3) is 0 Å². The quantitative estimate of drug-likeness (QED) is 0.713. The highest BCUT2D eigenvalue weighted by Gasteiger charge is 2.22. The molecule has 0 spiro atoms. The first-order valence-corrected chi connectivity index (χ1v) is 5.59. The van der Waals surface area contributed by atoms with E-state index in [4.69, 9.17) is 5.11 Å². The lowest BCUT2D eigenvalue weighted by Crippen LogP contribution is -2.21. The van der Waals surface area contributed by atoms with Gasteiger partial charge in [-0.3, -0.25) is 4.79 Å².